The molecule has 0 aliphatic carbocycles. The van der Waals surface area contributed by atoms with Crippen LogP contribution < -0.4 is 16.6 Å². The Labute approximate surface area is 127 Å². The van der Waals surface area contributed by atoms with Crippen molar-refractivity contribution >= 4 is 44.9 Å². The number of nitrogen functional groups attached to an aromatic ring is 1. The fourth-order valence-electron chi connectivity index (χ4n) is 1.50. The van der Waals surface area contributed by atoms with E-state index in [1.807, 2.05) is 0 Å². The largest absolute Gasteiger partial charge is 0.322 e. The summed E-state index contributed by atoms with van der Waals surface area (Å²) in [5, 5.41) is 2.51. The zero-order chi connectivity index (χ0) is 14.7. The number of rotatable bonds is 3. The number of carbonyl (C=O) groups is 1. The third kappa shape index (κ3) is 3.24. The Balaban J connectivity index is 2.27. The van der Waals surface area contributed by atoms with Gasteiger partial charge in [-0.1, -0.05) is 11.6 Å². The maximum absolute atomic E-state index is 13.0. The Morgan fingerprint density at radius 2 is 2.15 bits per heavy atom. The normalized spacial score (nSPS) is 10.2. The third-order valence-corrected chi connectivity index (χ3v) is 3.14. The number of hydrazine groups is 1. The monoisotopic (exact) mass is 358 g/mol. The minimum Gasteiger partial charge on any atom is -0.322 e. The van der Waals surface area contributed by atoms with Gasteiger partial charge in [0, 0.05) is 16.4 Å². The summed E-state index contributed by atoms with van der Waals surface area (Å²) in [6.07, 6.45) is 1.50. The van der Waals surface area contributed by atoms with Crippen molar-refractivity contribution in [3.63, 3.8) is 0 Å². The van der Waals surface area contributed by atoms with Crippen LogP contribution in [0.15, 0.2) is 34.9 Å². The lowest BCUT2D eigenvalue weighted by Gasteiger charge is -2.09. The van der Waals surface area contributed by atoms with E-state index >= 15 is 0 Å². The number of halogens is 3. The SMILES string of the molecule is NNc1ncc(Br)cc1C(=O)Nc1ccc(F)c(Cl)c1. The van der Waals surface area contributed by atoms with E-state index in [0.717, 1.165) is 0 Å². The van der Waals surface area contributed by atoms with Crippen molar-refractivity contribution in [3.05, 3.63) is 51.3 Å². The molecular weight excluding hydrogens is 351 g/mol. The predicted molar refractivity (Wildman–Crippen MR) is 79.1 cm³/mol. The van der Waals surface area contributed by atoms with Crippen LogP contribution in [0.4, 0.5) is 15.9 Å². The van der Waals surface area contributed by atoms with Crippen LogP contribution in [0.5, 0.6) is 0 Å². The summed E-state index contributed by atoms with van der Waals surface area (Å²) in [6.45, 7) is 0. The lowest BCUT2D eigenvalue weighted by Crippen LogP contribution is -2.18. The van der Waals surface area contributed by atoms with Gasteiger partial charge >= 0.3 is 0 Å². The molecule has 0 spiro atoms. The first-order valence-electron chi connectivity index (χ1n) is 5.40. The van der Waals surface area contributed by atoms with Crippen molar-refractivity contribution in [2.45, 2.75) is 0 Å². The van der Waals surface area contributed by atoms with Crippen molar-refractivity contribution in [2.24, 2.45) is 5.84 Å². The lowest BCUT2D eigenvalue weighted by atomic mass is 10.2. The summed E-state index contributed by atoms with van der Waals surface area (Å²) in [5.41, 5.74) is 2.93. The summed E-state index contributed by atoms with van der Waals surface area (Å²) < 4.78 is 13.7. The smallest absolute Gasteiger partial charge is 0.259 e. The Morgan fingerprint density at radius 3 is 2.80 bits per heavy atom. The number of pyridine rings is 1. The van der Waals surface area contributed by atoms with Gasteiger partial charge in [0.15, 0.2) is 5.82 Å². The number of nitrogens with zero attached hydrogens (tertiary/aromatic N) is 1. The van der Waals surface area contributed by atoms with E-state index in [9.17, 15) is 9.18 Å². The second-order valence-electron chi connectivity index (χ2n) is 3.78. The number of hydrogen-bond acceptors (Lipinski definition) is 4. The molecule has 1 aromatic carbocycles. The highest BCUT2D eigenvalue weighted by atomic mass is 79.9. The molecule has 1 amide bonds. The highest BCUT2D eigenvalue weighted by molar-refractivity contribution is 9.10. The van der Waals surface area contributed by atoms with Crippen LogP contribution in [0.1, 0.15) is 10.4 Å². The minimum absolute atomic E-state index is 0.0765. The van der Waals surface area contributed by atoms with Crippen LogP contribution in [0, 0.1) is 5.82 Å². The standard InChI is InChI=1S/C12H9BrClFN4O/c13-6-3-8(11(19-16)17-5-6)12(20)18-7-1-2-10(15)9(14)4-7/h1-5H,16H2,(H,17,19)(H,18,20). The Morgan fingerprint density at radius 1 is 1.40 bits per heavy atom. The second-order valence-corrected chi connectivity index (χ2v) is 5.10. The maximum Gasteiger partial charge on any atom is 0.259 e. The predicted octanol–water partition coefficient (Wildman–Crippen LogP) is 3.17. The van der Waals surface area contributed by atoms with E-state index < -0.39 is 11.7 Å². The van der Waals surface area contributed by atoms with Gasteiger partial charge in [-0.3, -0.25) is 4.79 Å². The van der Waals surface area contributed by atoms with E-state index in [4.69, 9.17) is 17.4 Å². The summed E-state index contributed by atoms with van der Waals surface area (Å²) in [7, 11) is 0. The average molecular weight is 360 g/mol. The Kier molecular flexibility index (Phi) is 4.53. The molecular formula is C12H9BrClFN4O. The van der Waals surface area contributed by atoms with Gasteiger partial charge in [-0.15, -0.1) is 0 Å². The number of benzene rings is 1. The van der Waals surface area contributed by atoms with E-state index in [2.05, 4.69) is 31.7 Å². The molecule has 0 saturated carbocycles. The molecule has 0 unspecified atom stereocenters. The van der Waals surface area contributed by atoms with Crippen molar-refractivity contribution < 1.29 is 9.18 Å². The van der Waals surface area contributed by atoms with Gasteiger partial charge in [-0.2, -0.15) is 0 Å². The number of hydrogen-bond donors (Lipinski definition) is 3. The summed E-state index contributed by atoms with van der Waals surface area (Å²) in [4.78, 5) is 16.1. The van der Waals surface area contributed by atoms with Gasteiger partial charge in [0.25, 0.3) is 5.91 Å². The topological polar surface area (TPSA) is 80.0 Å². The number of carbonyl (C=O) groups excluding carboxylic acids is 1. The molecule has 0 bridgehead atoms. The van der Waals surface area contributed by atoms with Gasteiger partial charge in [-0.25, -0.2) is 15.2 Å². The number of anilines is 2. The number of aromatic nitrogens is 1. The number of amides is 1. The quantitative estimate of drug-likeness (QED) is 0.581. The summed E-state index contributed by atoms with van der Waals surface area (Å²) >= 11 is 8.87. The molecule has 4 N–H and O–H groups in total. The molecule has 8 heteroatoms. The average Bonchev–Trinajstić information content (AvgIpc) is 2.43. The van der Waals surface area contributed by atoms with E-state index in [1.54, 1.807) is 6.07 Å². The van der Waals surface area contributed by atoms with Crippen molar-refractivity contribution in [2.75, 3.05) is 10.7 Å². The van der Waals surface area contributed by atoms with Crippen LogP contribution in [-0.4, -0.2) is 10.9 Å². The maximum atomic E-state index is 13.0. The zero-order valence-electron chi connectivity index (χ0n) is 9.95. The summed E-state index contributed by atoms with van der Waals surface area (Å²) in [5.74, 6) is 4.51. The van der Waals surface area contributed by atoms with Gasteiger partial charge < -0.3 is 10.7 Å². The van der Waals surface area contributed by atoms with Crippen LogP contribution in [-0.2, 0) is 0 Å². The highest BCUT2D eigenvalue weighted by Gasteiger charge is 2.13. The first kappa shape index (κ1) is 14.7. The molecule has 0 saturated heterocycles. The third-order valence-electron chi connectivity index (χ3n) is 2.41. The minimum atomic E-state index is -0.557. The van der Waals surface area contributed by atoms with Crippen molar-refractivity contribution in [1.82, 2.24) is 4.98 Å². The van der Waals surface area contributed by atoms with Gasteiger partial charge in [0.1, 0.15) is 5.82 Å². The molecule has 0 radical (unpaired) electrons. The summed E-state index contributed by atoms with van der Waals surface area (Å²) in [6, 6.07) is 5.44. The van der Waals surface area contributed by atoms with E-state index in [1.165, 1.54) is 24.4 Å². The van der Waals surface area contributed by atoms with Gasteiger partial charge in [-0.05, 0) is 40.2 Å². The van der Waals surface area contributed by atoms with Crippen molar-refractivity contribution in [1.29, 1.82) is 0 Å². The fraction of sp³-hybridized carbons (Fsp3) is 0. The van der Waals surface area contributed by atoms with Crippen LogP contribution >= 0.6 is 27.5 Å². The molecule has 0 aliphatic rings. The highest BCUT2D eigenvalue weighted by Crippen LogP contribution is 2.22. The molecule has 1 aromatic heterocycles. The number of nitrogens with two attached hydrogens (primary N) is 1. The van der Waals surface area contributed by atoms with Gasteiger partial charge in [0.2, 0.25) is 0 Å². The molecule has 0 fully saturated rings. The van der Waals surface area contributed by atoms with Crippen LogP contribution in [0.2, 0.25) is 5.02 Å². The Bertz CT molecular complexity index is 668. The molecule has 2 aromatic rings. The molecule has 2 rings (SSSR count). The molecule has 0 aliphatic heterocycles. The van der Waals surface area contributed by atoms with Crippen LogP contribution in [0.3, 0.4) is 0 Å². The first-order chi connectivity index (χ1) is 9.51. The van der Waals surface area contributed by atoms with Crippen LogP contribution in [0.25, 0.3) is 0 Å². The molecule has 0 atom stereocenters. The molecule has 104 valence electrons. The molecule has 5 nitrogen and oxygen atoms in total. The second kappa shape index (κ2) is 6.17. The first-order valence-corrected chi connectivity index (χ1v) is 6.57. The Hall–Kier alpha value is -1.70. The molecule has 1 heterocycles. The van der Waals surface area contributed by atoms with E-state index in [0.29, 0.717) is 10.2 Å². The van der Waals surface area contributed by atoms with E-state index in [-0.39, 0.29) is 16.4 Å². The van der Waals surface area contributed by atoms with Crippen molar-refractivity contribution in [3.8, 4) is 0 Å². The lowest BCUT2D eigenvalue weighted by molar-refractivity contribution is 0.102. The zero-order valence-corrected chi connectivity index (χ0v) is 12.3. The number of nitrogens with one attached hydrogen (secondary N) is 2. The molecule has 20 heavy (non-hydrogen) atoms. The fourth-order valence-corrected chi connectivity index (χ4v) is 2.01. The van der Waals surface area contributed by atoms with Gasteiger partial charge in [0.05, 0.1) is 10.6 Å².